The van der Waals surface area contributed by atoms with Gasteiger partial charge in [0.05, 0.1) is 16.8 Å². The van der Waals surface area contributed by atoms with Crippen molar-refractivity contribution in [2.24, 2.45) is 0 Å². The number of carbonyl (C=O) groups is 1. The van der Waals surface area contributed by atoms with Crippen molar-refractivity contribution in [3.63, 3.8) is 0 Å². The summed E-state index contributed by atoms with van der Waals surface area (Å²) in [6.07, 6.45) is 2.80. The molecule has 120 valence electrons. The number of anilines is 2. The highest BCUT2D eigenvalue weighted by molar-refractivity contribution is 9.10. The van der Waals surface area contributed by atoms with Gasteiger partial charge in [-0.05, 0) is 58.7 Å². The number of amides is 1. The Hall–Kier alpha value is -1.93. The molecule has 1 aromatic heterocycles. The van der Waals surface area contributed by atoms with Crippen LogP contribution in [0.2, 0.25) is 0 Å². The van der Waals surface area contributed by atoms with Crippen LogP contribution in [0.25, 0.3) is 0 Å². The number of nitrogens with one attached hydrogen (secondary N) is 1. The van der Waals surface area contributed by atoms with E-state index in [0.29, 0.717) is 23.3 Å². The molecule has 3 rings (SSSR count). The van der Waals surface area contributed by atoms with E-state index in [1.165, 1.54) is 18.3 Å². The van der Waals surface area contributed by atoms with E-state index in [1.54, 1.807) is 29.2 Å². The maximum Gasteiger partial charge on any atom is 0.261 e. The van der Waals surface area contributed by atoms with Crippen LogP contribution in [0.1, 0.15) is 12.8 Å². The Morgan fingerprint density at radius 2 is 1.87 bits per heavy atom. The first-order valence-electron chi connectivity index (χ1n) is 7.00. The van der Waals surface area contributed by atoms with Gasteiger partial charge in [-0.1, -0.05) is 0 Å². The van der Waals surface area contributed by atoms with Gasteiger partial charge in [0, 0.05) is 18.7 Å². The molecule has 0 bridgehead atoms. The molecule has 1 amide bonds. The Labute approximate surface area is 142 Å². The van der Waals surface area contributed by atoms with Crippen LogP contribution in [0, 0.1) is 0 Å². The first kappa shape index (κ1) is 15.9. The van der Waals surface area contributed by atoms with E-state index in [9.17, 15) is 13.2 Å². The van der Waals surface area contributed by atoms with Gasteiger partial charge in [-0.25, -0.2) is 13.4 Å². The van der Waals surface area contributed by atoms with Gasteiger partial charge in [-0.15, -0.1) is 0 Å². The minimum Gasteiger partial charge on any atom is -0.312 e. The predicted octanol–water partition coefficient (Wildman–Crippen LogP) is 2.77. The van der Waals surface area contributed by atoms with Crippen molar-refractivity contribution in [1.29, 1.82) is 0 Å². The molecule has 1 aliphatic rings. The zero-order valence-electron chi connectivity index (χ0n) is 12.1. The molecule has 23 heavy (non-hydrogen) atoms. The van der Waals surface area contributed by atoms with E-state index in [-0.39, 0.29) is 10.8 Å². The van der Waals surface area contributed by atoms with Crippen molar-refractivity contribution in [2.45, 2.75) is 17.7 Å². The third-order valence-electron chi connectivity index (χ3n) is 3.51. The standard InChI is InChI=1S/C15H14BrN3O3S/c16-14-8-3-11(10-17-14)18-23(21,22)13-6-4-12(5-7-13)19-9-1-2-15(19)20/h3-8,10,18H,1-2,9H2. The SMILES string of the molecule is O=C1CCCN1c1ccc(S(=O)(=O)Nc2ccc(Br)nc2)cc1. The lowest BCUT2D eigenvalue weighted by Gasteiger charge is -2.16. The van der Waals surface area contributed by atoms with Crippen LogP contribution >= 0.6 is 15.9 Å². The summed E-state index contributed by atoms with van der Waals surface area (Å²) in [5.41, 5.74) is 1.10. The lowest BCUT2D eigenvalue weighted by Crippen LogP contribution is -2.23. The van der Waals surface area contributed by atoms with Crippen LogP contribution in [0.4, 0.5) is 11.4 Å². The number of rotatable bonds is 4. The van der Waals surface area contributed by atoms with Gasteiger partial charge >= 0.3 is 0 Å². The van der Waals surface area contributed by atoms with Crippen molar-refractivity contribution in [3.8, 4) is 0 Å². The summed E-state index contributed by atoms with van der Waals surface area (Å²) in [5, 5.41) is 0. The third kappa shape index (κ3) is 3.53. The quantitative estimate of drug-likeness (QED) is 0.807. The second kappa shape index (κ2) is 6.29. The zero-order chi connectivity index (χ0) is 16.4. The first-order valence-corrected chi connectivity index (χ1v) is 9.28. The maximum absolute atomic E-state index is 12.4. The summed E-state index contributed by atoms with van der Waals surface area (Å²) in [5.74, 6) is 0.0691. The van der Waals surface area contributed by atoms with Gasteiger partial charge in [0.1, 0.15) is 4.60 Å². The van der Waals surface area contributed by atoms with Crippen molar-refractivity contribution in [3.05, 3.63) is 47.2 Å². The lowest BCUT2D eigenvalue weighted by atomic mass is 10.3. The van der Waals surface area contributed by atoms with Gasteiger partial charge in [0.2, 0.25) is 5.91 Å². The van der Waals surface area contributed by atoms with E-state index in [4.69, 9.17) is 0 Å². The Kier molecular flexibility index (Phi) is 4.36. The largest absolute Gasteiger partial charge is 0.312 e. The van der Waals surface area contributed by atoms with Crippen LogP contribution < -0.4 is 9.62 Å². The van der Waals surface area contributed by atoms with Crippen LogP contribution in [0.3, 0.4) is 0 Å². The molecule has 1 fully saturated rings. The van der Waals surface area contributed by atoms with Crippen molar-refractivity contribution in [2.75, 3.05) is 16.2 Å². The summed E-state index contributed by atoms with van der Waals surface area (Å²) >= 11 is 3.19. The molecule has 1 saturated heterocycles. The third-order valence-corrected chi connectivity index (χ3v) is 5.38. The zero-order valence-corrected chi connectivity index (χ0v) is 14.5. The number of carbonyl (C=O) groups excluding carboxylic acids is 1. The van der Waals surface area contributed by atoms with Crippen LogP contribution in [0.5, 0.6) is 0 Å². The average Bonchev–Trinajstić information content (AvgIpc) is 2.96. The van der Waals surface area contributed by atoms with E-state index >= 15 is 0 Å². The van der Waals surface area contributed by atoms with E-state index in [1.807, 2.05) is 0 Å². The van der Waals surface area contributed by atoms with Gasteiger partial charge in [0.15, 0.2) is 0 Å². The van der Waals surface area contributed by atoms with E-state index in [2.05, 4.69) is 25.6 Å². The van der Waals surface area contributed by atoms with Crippen molar-refractivity contribution < 1.29 is 13.2 Å². The molecule has 2 aromatic rings. The number of halogens is 1. The average molecular weight is 396 g/mol. The topological polar surface area (TPSA) is 79.4 Å². The Balaban J connectivity index is 1.80. The number of pyridine rings is 1. The normalized spacial score (nSPS) is 15.0. The highest BCUT2D eigenvalue weighted by Crippen LogP contribution is 2.24. The van der Waals surface area contributed by atoms with E-state index < -0.39 is 10.0 Å². The minimum absolute atomic E-state index is 0.0691. The van der Waals surface area contributed by atoms with Crippen molar-refractivity contribution >= 4 is 43.2 Å². The molecule has 0 saturated carbocycles. The van der Waals surface area contributed by atoms with Crippen LogP contribution in [-0.4, -0.2) is 25.9 Å². The number of sulfonamides is 1. The smallest absolute Gasteiger partial charge is 0.261 e. The summed E-state index contributed by atoms with van der Waals surface area (Å²) in [6, 6.07) is 9.56. The Bertz CT molecular complexity index is 820. The summed E-state index contributed by atoms with van der Waals surface area (Å²) in [7, 11) is -3.69. The maximum atomic E-state index is 12.4. The number of hydrogen-bond donors (Lipinski definition) is 1. The molecular weight excluding hydrogens is 382 g/mol. The number of hydrogen-bond acceptors (Lipinski definition) is 4. The Morgan fingerprint density at radius 3 is 2.43 bits per heavy atom. The highest BCUT2D eigenvalue weighted by atomic mass is 79.9. The predicted molar refractivity (Wildman–Crippen MR) is 90.8 cm³/mol. The number of nitrogens with zero attached hydrogens (tertiary/aromatic N) is 2. The first-order chi connectivity index (χ1) is 11.0. The molecule has 0 spiro atoms. The molecular formula is C15H14BrN3O3S. The summed E-state index contributed by atoms with van der Waals surface area (Å²) in [6.45, 7) is 0.674. The van der Waals surface area contributed by atoms with Gasteiger partial charge in [-0.2, -0.15) is 0 Å². The van der Waals surface area contributed by atoms with Gasteiger partial charge in [-0.3, -0.25) is 9.52 Å². The lowest BCUT2D eigenvalue weighted by molar-refractivity contribution is -0.117. The minimum atomic E-state index is -3.69. The molecule has 8 heteroatoms. The number of benzene rings is 1. The molecule has 1 aromatic carbocycles. The van der Waals surface area contributed by atoms with Crippen molar-refractivity contribution in [1.82, 2.24) is 4.98 Å². The molecule has 0 unspecified atom stereocenters. The molecule has 0 radical (unpaired) electrons. The van der Waals surface area contributed by atoms with Crippen LogP contribution in [-0.2, 0) is 14.8 Å². The molecule has 0 aliphatic carbocycles. The molecule has 0 atom stereocenters. The van der Waals surface area contributed by atoms with E-state index in [0.717, 1.165) is 12.1 Å². The van der Waals surface area contributed by atoms with Gasteiger partial charge < -0.3 is 4.90 Å². The molecule has 2 heterocycles. The fraction of sp³-hybridized carbons (Fsp3) is 0.200. The fourth-order valence-corrected chi connectivity index (χ4v) is 3.65. The highest BCUT2D eigenvalue weighted by Gasteiger charge is 2.22. The molecule has 1 aliphatic heterocycles. The molecule has 1 N–H and O–H groups in total. The number of aromatic nitrogens is 1. The molecule has 6 nitrogen and oxygen atoms in total. The summed E-state index contributed by atoms with van der Waals surface area (Å²) in [4.78, 5) is 17.5. The second-order valence-corrected chi connectivity index (χ2v) is 7.61. The second-order valence-electron chi connectivity index (χ2n) is 5.12. The fourth-order valence-electron chi connectivity index (χ4n) is 2.38. The Morgan fingerprint density at radius 1 is 1.13 bits per heavy atom. The monoisotopic (exact) mass is 395 g/mol. The van der Waals surface area contributed by atoms with Crippen LogP contribution in [0.15, 0.2) is 52.1 Å². The summed E-state index contributed by atoms with van der Waals surface area (Å²) < 4.78 is 27.8. The van der Waals surface area contributed by atoms with Gasteiger partial charge in [0.25, 0.3) is 10.0 Å².